The first kappa shape index (κ1) is 18.8. The Morgan fingerprint density at radius 1 is 0.774 bits per heavy atom. The molecular weight excluding hydrogens is 382 g/mol. The maximum Gasteiger partial charge on any atom is 0.252 e. The van der Waals surface area contributed by atoms with Gasteiger partial charge in [0.15, 0.2) is 0 Å². The van der Waals surface area contributed by atoms with Gasteiger partial charge < -0.3 is 5.32 Å². The lowest BCUT2D eigenvalue weighted by Gasteiger charge is -2.08. The van der Waals surface area contributed by atoms with Gasteiger partial charge in [0.25, 0.3) is 5.91 Å². The highest BCUT2D eigenvalue weighted by atomic mass is 16.1. The van der Waals surface area contributed by atoms with Crippen LogP contribution in [-0.2, 0) is 6.54 Å². The Hall–Kier alpha value is -4.18. The molecule has 0 spiro atoms. The summed E-state index contributed by atoms with van der Waals surface area (Å²) in [4.78, 5) is 13.0. The summed E-state index contributed by atoms with van der Waals surface area (Å²) in [5, 5.41) is 9.91. The van der Waals surface area contributed by atoms with E-state index >= 15 is 0 Å². The van der Waals surface area contributed by atoms with Crippen molar-refractivity contribution in [3.63, 3.8) is 0 Å². The summed E-state index contributed by atoms with van der Waals surface area (Å²) >= 11 is 0. The fourth-order valence-electron chi connectivity index (χ4n) is 3.79. The lowest BCUT2D eigenvalue weighted by atomic mass is 10.0. The SMILES string of the molecule is O=C(NCc1cn(-c2ccccc2)nc1-c1ccccc1)c1cccc2ccccc12. The molecule has 5 aromatic rings. The molecule has 1 amide bonds. The van der Waals surface area contributed by atoms with E-state index in [4.69, 9.17) is 5.10 Å². The summed E-state index contributed by atoms with van der Waals surface area (Å²) in [5.74, 6) is -0.0942. The fraction of sp³-hybridized carbons (Fsp3) is 0.0370. The molecule has 4 aromatic carbocycles. The molecule has 150 valence electrons. The zero-order valence-corrected chi connectivity index (χ0v) is 16.9. The third-order valence-corrected chi connectivity index (χ3v) is 5.33. The van der Waals surface area contributed by atoms with Crippen molar-refractivity contribution in [3.05, 3.63) is 120 Å². The number of rotatable bonds is 5. The Morgan fingerprint density at radius 3 is 2.26 bits per heavy atom. The monoisotopic (exact) mass is 403 g/mol. The molecule has 0 aliphatic heterocycles. The molecule has 0 fully saturated rings. The first-order chi connectivity index (χ1) is 15.3. The van der Waals surface area contributed by atoms with E-state index in [0.29, 0.717) is 12.1 Å². The molecule has 4 heteroatoms. The van der Waals surface area contributed by atoms with Crippen LogP contribution in [0.1, 0.15) is 15.9 Å². The van der Waals surface area contributed by atoms with Crippen LogP contribution in [0.25, 0.3) is 27.7 Å². The van der Waals surface area contributed by atoms with E-state index in [0.717, 1.165) is 33.3 Å². The average molecular weight is 403 g/mol. The van der Waals surface area contributed by atoms with Crippen molar-refractivity contribution in [2.75, 3.05) is 0 Å². The van der Waals surface area contributed by atoms with Crippen LogP contribution in [0.3, 0.4) is 0 Å². The lowest BCUT2D eigenvalue weighted by Crippen LogP contribution is -2.23. The molecule has 1 heterocycles. The van der Waals surface area contributed by atoms with Crippen LogP contribution in [0.2, 0.25) is 0 Å². The molecule has 0 aliphatic carbocycles. The van der Waals surface area contributed by atoms with Gasteiger partial charge in [0.1, 0.15) is 0 Å². The number of nitrogens with zero attached hydrogens (tertiary/aromatic N) is 2. The standard InChI is InChI=1S/C27H21N3O/c31-27(25-17-9-13-20-10-7-8-16-24(20)25)28-18-22-19-30(23-14-5-2-6-15-23)29-26(22)21-11-3-1-4-12-21/h1-17,19H,18H2,(H,28,31). The van der Waals surface area contributed by atoms with Crippen molar-refractivity contribution in [2.24, 2.45) is 0 Å². The predicted octanol–water partition coefficient (Wildman–Crippen LogP) is 5.62. The first-order valence-corrected chi connectivity index (χ1v) is 10.2. The van der Waals surface area contributed by atoms with Gasteiger partial charge in [0.05, 0.1) is 11.4 Å². The van der Waals surface area contributed by atoms with E-state index in [2.05, 4.69) is 5.32 Å². The van der Waals surface area contributed by atoms with Crippen molar-refractivity contribution in [1.82, 2.24) is 15.1 Å². The van der Waals surface area contributed by atoms with Crippen LogP contribution in [0.5, 0.6) is 0 Å². The van der Waals surface area contributed by atoms with Gasteiger partial charge in [0.2, 0.25) is 0 Å². The van der Waals surface area contributed by atoms with E-state index in [1.807, 2.05) is 114 Å². The number of carbonyl (C=O) groups excluding carboxylic acids is 1. The lowest BCUT2D eigenvalue weighted by molar-refractivity contribution is 0.0952. The number of nitrogens with one attached hydrogen (secondary N) is 1. The number of hydrogen-bond acceptors (Lipinski definition) is 2. The number of benzene rings is 4. The van der Waals surface area contributed by atoms with Crippen LogP contribution < -0.4 is 5.32 Å². The van der Waals surface area contributed by atoms with Gasteiger partial charge in [-0.3, -0.25) is 4.79 Å². The molecule has 0 saturated carbocycles. The van der Waals surface area contributed by atoms with E-state index in [-0.39, 0.29) is 5.91 Å². The van der Waals surface area contributed by atoms with Crippen molar-refractivity contribution >= 4 is 16.7 Å². The van der Waals surface area contributed by atoms with Crippen molar-refractivity contribution < 1.29 is 4.79 Å². The molecule has 5 rings (SSSR count). The largest absolute Gasteiger partial charge is 0.348 e. The van der Waals surface area contributed by atoms with Crippen molar-refractivity contribution in [2.45, 2.75) is 6.54 Å². The molecule has 0 atom stereocenters. The van der Waals surface area contributed by atoms with E-state index < -0.39 is 0 Å². The maximum absolute atomic E-state index is 13.0. The number of aromatic nitrogens is 2. The van der Waals surface area contributed by atoms with Crippen molar-refractivity contribution in [1.29, 1.82) is 0 Å². The molecule has 0 saturated heterocycles. The van der Waals surface area contributed by atoms with E-state index in [9.17, 15) is 4.79 Å². The minimum Gasteiger partial charge on any atom is -0.348 e. The van der Waals surface area contributed by atoms with E-state index in [1.165, 1.54) is 0 Å². The number of amides is 1. The van der Waals surface area contributed by atoms with Gasteiger partial charge >= 0.3 is 0 Å². The molecule has 0 unspecified atom stereocenters. The summed E-state index contributed by atoms with van der Waals surface area (Å²) in [6.45, 7) is 0.388. The number of carbonyl (C=O) groups is 1. The topological polar surface area (TPSA) is 46.9 Å². The second kappa shape index (κ2) is 8.28. The maximum atomic E-state index is 13.0. The van der Waals surface area contributed by atoms with Crippen molar-refractivity contribution in [3.8, 4) is 16.9 Å². The molecule has 0 aliphatic rings. The second-order valence-corrected chi connectivity index (χ2v) is 7.36. The van der Waals surface area contributed by atoms with Crippen LogP contribution in [-0.4, -0.2) is 15.7 Å². The van der Waals surface area contributed by atoms with Gasteiger partial charge in [-0.15, -0.1) is 0 Å². The van der Waals surface area contributed by atoms with E-state index in [1.54, 1.807) is 0 Å². The zero-order valence-electron chi connectivity index (χ0n) is 16.9. The summed E-state index contributed by atoms with van der Waals surface area (Å²) in [5.41, 5.74) is 4.50. The number of fused-ring (bicyclic) bond motifs is 1. The highest BCUT2D eigenvalue weighted by molar-refractivity contribution is 6.07. The highest BCUT2D eigenvalue weighted by Gasteiger charge is 2.15. The fourth-order valence-corrected chi connectivity index (χ4v) is 3.79. The minimum atomic E-state index is -0.0942. The number of para-hydroxylation sites is 1. The highest BCUT2D eigenvalue weighted by Crippen LogP contribution is 2.24. The molecule has 0 radical (unpaired) electrons. The Morgan fingerprint density at radius 2 is 1.45 bits per heavy atom. The average Bonchev–Trinajstić information content (AvgIpc) is 3.27. The van der Waals surface area contributed by atoms with Gasteiger partial charge in [-0.2, -0.15) is 5.10 Å². The summed E-state index contributed by atoms with van der Waals surface area (Å²) < 4.78 is 1.86. The summed E-state index contributed by atoms with van der Waals surface area (Å²) in [6, 6.07) is 33.8. The third kappa shape index (κ3) is 3.83. The van der Waals surface area contributed by atoms with Crippen LogP contribution in [0.4, 0.5) is 0 Å². The van der Waals surface area contributed by atoms with Crippen LogP contribution in [0.15, 0.2) is 109 Å². The van der Waals surface area contributed by atoms with Gasteiger partial charge in [0, 0.05) is 29.4 Å². The Kier molecular flexibility index (Phi) is 5.03. The van der Waals surface area contributed by atoms with Gasteiger partial charge in [-0.25, -0.2) is 4.68 Å². The normalized spacial score (nSPS) is 10.8. The Labute approximate surface area is 180 Å². The molecule has 0 bridgehead atoms. The molecular formula is C27H21N3O. The quantitative estimate of drug-likeness (QED) is 0.414. The Balaban J connectivity index is 1.47. The molecule has 1 N–H and O–H groups in total. The molecule has 31 heavy (non-hydrogen) atoms. The zero-order chi connectivity index (χ0) is 21.0. The second-order valence-electron chi connectivity index (χ2n) is 7.36. The van der Waals surface area contributed by atoms with Gasteiger partial charge in [-0.05, 0) is 29.0 Å². The van der Waals surface area contributed by atoms with Gasteiger partial charge in [-0.1, -0.05) is 84.9 Å². The third-order valence-electron chi connectivity index (χ3n) is 5.33. The first-order valence-electron chi connectivity index (χ1n) is 10.2. The Bertz CT molecular complexity index is 1340. The minimum absolute atomic E-state index is 0.0942. The van der Waals surface area contributed by atoms with Crippen LogP contribution >= 0.6 is 0 Å². The number of hydrogen-bond donors (Lipinski definition) is 1. The summed E-state index contributed by atoms with van der Waals surface area (Å²) in [7, 11) is 0. The summed E-state index contributed by atoms with van der Waals surface area (Å²) in [6.07, 6.45) is 1.99. The predicted molar refractivity (Wildman–Crippen MR) is 124 cm³/mol. The smallest absolute Gasteiger partial charge is 0.252 e. The van der Waals surface area contributed by atoms with Crippen LogP contribution in [0, 0.1) is 0 Å². The molecule has 4 nitrogen and oxygen atoms in total. The molecule has 1 aromatic heterocycles.